The number of rotatable bonds is 8. The Labute approximate surface area is 173 Å². The first-order chi connectivity index (χ1) is 14.6. The lowest BCUT2D eigenvalue weighted by molar-refractivity contribution is 0.142. The Hall–Kier alpha value is -2.65. The normalized spacial score (nSPS) is 17.7. The zero-order valence-electron chi connectivity index (χ0n) is 16.9. The zero-order valence-corrected chi connectivity index (χ0v) is 16.9. The van der Waals surface area contributed by atoms with Gasteiger partial charge in [0.2, 0.25) is 0 Å². The molecule has 0 amide bonds. The summed E-state index contributed by atoms with van der Waals surface area (Å²) in [7, 11) is 1.65. The fraction of sp³-hybridized carbons (Fsp3) is 0.476. The van der Waals surface area contributed by atoms with Crippen molar-refractivity contribution in [2.75, 3.05) is 33.4 Å². The summed E-state index contributed by atoms with van der Waals surface area (Å²) in [5.74, 6) is 1.14. The van der Waals surface area contributed by atoms with Crippen LogP contribution in [0.3, 0.4) is 0 Å². The molecule has 1 atom stereocenters. The third kappa shape index (κ3) is 4.73. The minimum absolute atomic E-state index is 0.0922. The summed E-state index contributed by atoms with van der Waals surface area (Å²) in [6.45, 7) is 3.61. The van der Waals surface area contributed by atoms with Gasteiger partial charge in [0, 0.05) is 26.1 Å². The lowest BCUT2D eigenvalue weighted by Crippen LogP contribution is -2.34. The van der Waals surface area contributed by atoms with E-state index in [9.17, 15) is 8.78 Å². The van der Waals surface area contributed by atoms with Gasteiger partial charge in [-0.05, 0) is 43.1 Å². The maximum absolute atomic E-state index is 13.5. The predicted molar refractivity (Wildman–Crippen MR) is 107 cm³/mol. The van der Waals surface area contributed by atoms with Gasteiger partial charge in [0.25, 0.3) is 12.2 Å². The van der Waals surface area contributed by atoms with E-state index in [0.29, 0.717) is 18.9 Å². The van der Waals surface area contributed by atoms with Crippen molar-refractivity contribution in [2.24, 2.45) is 0 Å². The Morgan fingerprint density at radius 3 is 2.80 bits per heavy atom. The minimum Gasteiger partial charge on any atom is -0.491 e. The molecular formula is C21H25F2N5O2. The topological polar surface area (TPSA) is 64.8 Å². The molecule has 2 aromatic heterocycles. The molecule has 1 aromatic carbocycles. The summed E-state index contributed by atoms with van der Waals surface area (Å²) in [6, 6.07) is 9.51. The number of likely N-dealkylation sites (tertiary alicyclic amines) is 1. The SMILES string of the molecule is COCCOc1ccc(CN2CCCC(c3cc(C(F)F)n4ncnc4n3)C2)cc1. The molecule has 0 aliphatic carbocycles. The number of nitrogens with zero attached hydrogens (tertiary/aromatic N) is 5. The summed E-state index contributed by atoms with van der Waals surface area (Å²) in [5.41, 5.74) is 1.69. The number of benzene rings is 1. The quantitative estimate of drug-likeness (QED) is 0.523. The second-order valence-electron chi connectivity index (χ2n) is 7.44. The fourth-order valence-corrected chi connectivity index (χ4v) is 3.85. The molecule has 0 spiro atoms. The Balaban J connectivity index is 1.43. The third-order valence-electron chi connectivity index (χ3n) is 5.33. The molecule has 0 bridgehead atoms. The molecule has 0 N–H and O–H groups in total. The molecule has 0 radical (unpaired) electrons. The molecular weight excluding hydrogens is 392 g/mol. The van der Waals surface area contributed by atoms with Crippen molar-refractivity contribution in [1.29, 1.82) is 0 Å². The number of alkyl halides is 2. The van der Waals surface area contributed by atoms with Crippen molar-refractivity contribution in [1.82, 2.24) is 24.5 Å². The van der Waals surface area contributed by atoms with Crippen LogP contribution in [0.15, 0.2) is 36.7 Å². The van der Waals surface area contributed by atoms with Gasteiger partial charge in [-0.2, -0.15) is 14.6 Å². The van der Waals surface area contributed by atoms with E-state index in [1.807, 2.05) is 12.1 Å². The summed E-state index contributed by atoms with van der Waals surface area (Å²) in [5, 5.41) is 3.86. The summed E-state index contributed by atoms with van der Waals surface area (Å²) in [4.78, 5) is 10.8. The van der Waals surface area contributed by atoms with Crippen LogP contribution in [-0.2, 0) is 11.3 Å². The Kier molecular flexibility index (Phi) is 6.49. The largest absolute Gasteiger partial charge is 0.491 e. The fourth-order valence-electron chi connectivity index (χ4n) is 3.85. The molecule has 4 rings (SSSR count). The number of aromatic nitrogens is 4. The van der Waals surface area contributed by atoms with Crippen LogP contribution in [0.1, 0.15) is 42.1 Å². The minimum atomic E-state index is -2.62. The second kappa shape index (κ2) is 9.44. The maximum atomic E-state index is 13.5. The lowest BCUT2D eigenvalue weighted by Gasteiger charge is -2.32. The number of hydrogen-bond acceptors (Lipinski definition) is 6. The van der Waals surface area contributed by atoms with Crippen LogP contribution in [0.25, 0.3) is 5.78 Å². The van der Waals surface area contributed by atoms with Gasteiger partial charge < -0.3 is 9.47 Å². The highest BCUT2D eigenvalue weighted by Gasteiger charge is 2.25. The number of hydrogen-bond donors (Lipinski definition) is 0. The molecule has 1 aliphatic heterocycles. The zero-order chi connectivity index (χ0) is 20.9. The Morgan fingerprint density at radius 1 is 1.20 bits per heavy atom. The van der Waals surface area contributed by atoms with Gasteiger partial charge in [0.1, 0.15) is 24.4 Å². The molecule has 9 heteroatoms. The molecule has 30 heavy (non-hydrogen) atoms. The number of fused-ring (bicyclic) bond motifs is 1. The van der Waals surface area contributed by atoms with Crippen LogP contribution < -0.4 is 4.74 Å². The van der Waals surface area contributed by atoms with Gasteiger partial charge in [-0.15, -0.1) is 0 Å². The number of ether oxygens (including phenoxy) is 2. The second-order valence-corrected chi connectivity index (χ2v) is 7.44. The molecule has 160 valence electrons. The van der Waals surface area contributed by atoms with Crippen LogP contribution in [0, 0.1) is 0 Å². The van der Waals surface area contributed by atoms with Gasteiger partial charge in [-0.1, -0.05) is 12.1 Å². The molecule has 7 nitrogen and oxygen atoms in total. The average molecular weight is 417 g/mol. The van der Waals surface area contributed by atoms with E-state index >= 15 is 0 Å². The predicted octanol–water partition coefficient (Wildman–Crippen LogP) is 3.47. The molecule has 1 saturated heterocycles. The monoisotopic (exact) mass is 417 g/mol. The number of piperidine rings is 1. The van der Waals surface area contributed by atoms with Crippen LogP contribution >= 0.6 is 0 Å². The van der Waals surface area contributed by atoms with Gasteiger partial charge in [0.05, 0.1) is 12.3 Å². The van der Waals surface area contributed by atoms with Crippen LogP contribution in [0.4, 0.5) is 8.78 Å². The summed E-state index contributed by atoms with van der Waals surface area (Å²) < 4.78 is 38.7. The van der Waals surface area contributed by atoms with Gasteiger partial charge in [-0.25, -0.2) is 13.8 Å². The van der Waals surface area contributed by atoms with E-state index < -0.39 is 6.43 Å². The van der Waals surface area contributed by atoms with Crippen molar-refractivity contribution >= 4 is 5.78 Å². The van der Waals surface area contributed by atoms with E-state index in [0.717, 1.165) is 42.7 Å². The van der Waals surface area contributed by atoms with Gasteiger partial charge in [0.15, 0.2) is 0 Å². The smallest absolute Gasteiger partial charge is 0.280 e. The van der Waals surface area contributed by atoms with E-state index in [4.69, 9.17) is 9.47 Å². The van der Waals surface area contributed by atoms with Gasteiger partial charge in [-0.3, -0.25) is 4.90 Å². The molecule has 0 saturated carbocycles. The van der Waals surface area contributed by atoms with Crippen molar-refractivity contribution in [3.8, 4) is 5.75 Å². The van der Waals surface area contributed by atoms with E-state index in [1.165, 1.54) is 18.0 Å². The van der Waals surface area contributed by atoms with Crippen molar-refractivity contribution < 1.29 is 18.3 Å². The first-order valence-corrected chi connectivity index (χ1v) is 10.1. The highest BCUT2D eigenvalue weighted by molar-refractivity contribution is 5.32. The van der Waals surface area contributed by atoms with Crippen LogP contribution in [0.5, 0.6) is 5.75 Å². The first-order valence-electron chi connectivity index (χ1n) is 10.1. The summed E-state index contributed by atoms with van der Waals surface area (Å²) in [6.07, 6.45) is 0.545. The van der Waals surface area contributed by atoms with Crippen LogP contribution in [-0.4, -0.2) is 57.9 Å². The molecule has 1 fully saturated rings. The highest BCUT2D eigenvalue weighted by atomic mass is 19.3. The van der Waals surface area contributed by atoms with E-state index in [-0.39, 0.29) is 17.4 Å². The molecule has 3 heterocycles. The third-order valence-corrected chi connectivity index (χ3v) is 5.33. The van der Waals surface area contributed by atoms with E-state index in [1.54, 1.807) is 7.11 Å². The van der Waals surface area contributed by atoms with Crippen LogP contribution in [0.2, 0.25) is 0 Å². The van der Waals surface area contributed by atoms with E-state index in [2.05, 4.69) is 32.1 Å². The van der Waals surface area contributed by atoms with Gasteiger partial charge >= 0.3 is 0 Å². The first kappa shape index (κ1) is 20.6. The highest BCUT2D eigenvalue weighted by Crippen LogP contribution is 2.29. The Morgan fingerprint density at radius 2 is 2.03 bits per heavy atom. The summed E-state index contributed by atoms with van der Waals surface area (Å²) >= 11 is 0. The standard InChI is InChI=1S/C21H25F2N5O2/c1-29-9-10-30-17-6-4-15(5-7-17)12-27-8-2-3-16(13-27)18-11-19(20(22)23)28-21(26-18)24-14-25-28/h4-7,11,14,16,20H,2-3,8-10,12-13H2,1H3. The average Bonchev–Trinajstić information content (AvgIpc) is 3.23. The molecule has 1 unspecified atom stereocenters. The lowest BCUT2D eigenvalue weighted by atomic mass is 9.93. The van der Waals surface area contributed by atoms with Crippen molar-refractivity contribution in [3.63, 3.8) is 0 Å². The number of methoxy groups -OCH3 is 1. The van der Waals surface area contributed by atoms with Crippen molar-refractivity contribution in [2.45, 2.75) is 31.7 Å². The number of halogens is 2. The maximum Gasteiger partial charge on any atom is 0.280 e. The molecule has 1 aliphatic rings. The van der Waals surface area contributed by atoms with Crippen molar-refractivity contribution in [3.05, 3.63) is 53.6 Å². The Bertz CT molecular complexity index is 964. The molecule has 3 aromatic rings.